The summed E-state index contributed by atoms with van der Waals surface area (Å²) in [5, 5.41) is 18.3. The second-order valence-electron chi connectivity index (χ2n) is 5.19. The molecule has 2 aromatic rings. The first-order valence-corrected chi connectivity index (χ1v) is 6.75. The minimum Gasteiger partial charge on any atom is -0.493 e. The summed E-state index contributed by atoms with van der Waals surface area (Å²) in [6, 6.07) is 4.64. The predicted octanol–water partition coefficient (Wildman–Crippen LogP) is 1.26. The van der Waals surface area contributed by atoms with Crippen LogP contribution in [0.3, 0.4) is 0 Å². The summed E-state index contributed by atoms with van der Waals surface area (Å²) >= 11 is 0. The second kappa shape index (κ2) is 5.08. The highest BCUT2D eigenvalue weighted by Gasteiger charge is 2.23. The molecule has 0 saturated carbocycles. The molecule has 2 N–H and O–H groups in total. The monoisotopic (exact) mass is 289 g/mol. The molecule has 0 spiro atoms. The average molecular weight is 289 g/mol. The summed E-state index contributed by atoms with van der Waals surface area (Å²) in [5.74, 6) is -0.0618. The van der Waals surface area contributed by atoms with E-state index in [1.807, 2.05) is 6.07 Å². The summed E-state index contributed by atoms with van der Waals surface area (Å²) in [5.41, 5.74) is 1.05. The van der Waals surface area contributed by atoms with Gasteiger partial charge in [0.1, 0.15) is 5.65 Å². The maximum absolute atomic E-state index is 11.9. The minimum absolute atomic E-state index is 0.228. The molecule has 0 unspecified atom stereocenters. The topological polar surface area (TPSA) is 95.1 Å². The molecule has 0 bridgehead atoms. The van der Waals surface area contributed by atoms with Gasteiger partial charge in [0.2, 0.25) is 5.88 Å². The first-order chi connectivity index (χ1) is 10.0. The Bertz CT molecular complexity index is 747. The number of piperidine rings is 1. The van der Waals surface area contributed by atoms with E-state index in [4.69, 9.17) is 5.11 Å². The van der Waals surface area contributed by atoms with E-state index >= 15 is 0 Å². The zero-order chi connectivity index (χ0) is 15.0. The molecule has 1 aliphatic heterocycles. The average Bonchev–Trinajstić information content (AvgIpc) is 2.47. The van der Waals surface area contributed by atoms with Crippen LogP contribution in [0.15, 0.2) is 29.2 Å². The Kier molecular flexibility index (Phi) is 3.25. The van der Waals surface area contributed by atoms with Gasteiger partial charge in [0.05, 0.1) is 6.07 Å². The first kappa shape index (κ1) is 13.4. The largest absolute Gasteiger partial charge is 0.493 e. The van der Waals surface area contributed by atoms with Crippen molar-refractivity contribution in [1.29, 1.82) is 0 Å². The van der Waals surface area contributed by atoms with Gasteiger partial charge in [-0.1, -0.05) is 6.07 Å². The van der Waals surface area contributed by atoms with Crippen molar-refractivity contribution in [2.75, 3.05) is 13.1 Å². The van der Waals surface area contributed by atoms with Gasteiger partial charge in [0, 0.05) is 19.3 Å². The number of hydrogen-bond acceptors (Lipinski definition) is 4. The van der Waals surface area contributed by atoms with Crippen molar-refractivity contribution in [2.45, 2.75) is 18.8 Å². The molecular weight excluding hydrogens is 274 g/mol. The van der Waals surface area contributed by atoms with Gasteiger partial charge >= 0.3 is 6.09 Å². The van der Waals surface area contributed by atoms with Crippen molar-refractivity contribution in [3.05, 3.63) is 40.3 Å². The molecular formula is C14H15N3O4. The van der Waals surface area contributed by atoms with Crippen LogP contribution in [0.4, 0.5) is 4.79 Å². The lowest BCUT2D eigenvalue weighted by Gasteiger charge is -2.30. The zero-order valence-electron chi connectivity index (χ0n) is 11.3. The molecule has 3 rings (SSSR count). The third-order valence-corrected chi connectivity index (χ3v) is 3.91. The first-order valence-electron chi connectivity index (χ1n) is 6.75. The fourth-order valence-electron chi connectivity index (χ4n) is 2.75. The number of aromatic nitrogens is 2. The summed E-state index contributed by atoms with van der Waals surface area (Å²) in [7, 11) is 0. The summed E-state index contributed by atoms with van der Waals surface area (Å²) in [4.78, 5) is 28.0. The number of carbonyl (C=O) groups is 1. The smallest absolute Gasteiger partial charge is 0.407 e. The fraction of sp³-hybridized carbons (Fsp3) is 0.357. The number of carboxylic acid groups (broad SMARTS) is 1. The van der Waals surface area contributed by atoms with Crippen LogP contribution in [0.2, 0.25) is 0 Å². The maximum Gasteiger partial charge on any atom is 0.407 e. The molecule has 7 nitrogen and oxygen atoms in total. The van der Waals surface area contributed by atoms with Crippen LogP contribution in [-0.4, -0.2) is 43.7 Å². The van der Waals surface area contributed by atoms with Gasteiger partial charge in [-0.2, -0.15) is 4.98 Å². The number of nitrogens with zero attached hydrogens (tertiary/aromatic N) is 3. The normalized spacial score (nSPS) is 16.3. The van der Waals surface area contributed by atoms with Crippen LogP contribution >= 0.6 is 0 Å². The van der Waals surface area contributed by atoms with Crippen LogP contribution < -0.4 is 5.56 Å². The molecule has 2 aromatic heterocycles. The Hall–Kier alpha value is -2.57. The molecule has 7 heteroatoms. The minimum atomic E-state index is -0.886. The number of aromatic hydroxyl groups is 1. The van der Waals surface area contributed by atoms with Crippen molar-refractivity contribution in [2.24, 2.45) is 0 Å². The molecule has 1 aliphatic rings. The molecule has 1 fully saturated rings. The number of likely N-dealkylation sites (tertiary alicyclic amines) is 1. The van der Waals surface area contributed by atoms with Crippen molar-refractivity contribution >= 4 is 11.7 Å². The lowest BCUT2D eigenvalue weighted by atomic mass is 9.90. The number of rotatable bonds is 1. The van der Waals surface area contributed by atoms with E-state index in [-0.39, 0.29) is 17.4 Å². The molecule has 1 amide bonds. The van der Waals surface area contributed by atoms with Crippen molar-refractivity contribution in [3.63, 3.8) is 0 Å². The molecule has 0 aliphatic carbocycles. The Morgan fingerprint density at radius 3 is 2.67 bits per heavy atom. The van der Waals surface area contributed by atoms with Crippen LogP contribution in [0.1, 0.15) is 24.3 Å². The molecule has 1 saturated heterocycles. The second-order valence-corrected chi connectivity index (χ2v) is 5.19. The van der Waals surface area contributed by atoms with E-state index in [9.17, 15) is 14.7 Å². The highest BCUT2D eigenvalue weighted by atomic mass is 16.4. The van der Waals surface area contributed by atoms with Gasteiger partial charge in [0.25, 0.3) is 5.56 Å². The van der Waals surface area contributed by atoms with E-state index in [1.165, 1.54) is 9.30 Å². The highest BCUT2D eigenvalue weighted by molar-refractivity contribution is 5.65. The Balaban J connectivity index is 1.89. The summed E-state index contributed by atoms with van der Waals surface area (Å²) in [6.45, 7) is 1.00. The van der Waals surface area contributed by atoms with Gasteiger partial charge in [-0.05, 0) is 30.4 Å². The standard InChI is InChI=1S/C14H15N3O4/c18-12-7-13(19)17-8-10(1-2-11(17)15-12)9-3-5-16(6-4-9)14(20)21/h1-2,7-9,18H,3-6H2,(H,20,21). The van der Waals surface area contributed by atoms with E-state index in [0.29, 0.717) is 18.7 Å². The predicted molar refractivity (Wildman–Crippen MR) is 74.7 cm³/mol. The molecule has 0 radical (unpaired) electrons. The van der Waals surface area contributed by atoms with E-state index in [2.05, 4.69) is 4.98 Å². The van der Waals surface area contributed by atoms with E-state index < -0.39 is 6.09 Å². The van der Waals surface area contributed by atoms with Crippen molar-refractivity contribution in [3.8, 4) is 5.88 Å². The zero-order valence-corrected chi connectivity index (χ0v) is 11.3. The van der Waals surface area contributed by atoms with E-state index in [0.717, 1.165) is 24.5 Å². The summed E-state index contributed by atoms with van der Waals surface area (Å²) < 4.78 is 1.40. The van der Waals surface area contributed by atoms with Crippen LogP contribution in [0, 0.1) is 0 Å². The quantitative estimate of drug-likeness (QED) is 0.824. The number of pyridine rings is 1. The molecule has 0 aromatic carbocycles. The van der Waals surface area contributed by atoms with Gasteiger partial charge in [-0.25, -0.2) is 4.79 Å². The van der Waals surface area contributed by atoms with Crippen LogP contribution in [0.25, 0.3) is 5.65 Å². The van der Waals surface area contributed by atoms with Crippen LogP contribution in [-0.2, 0) is 0 Å². The van der Waals surface area contributed by atoms with Gasteiger partial charge in [-0.3, -0.25) is 9.20 Å². The van der Waals surface area contributed by atoms with Crippen molar-refractivity contribution < 1.29 is 15.0 Å². The molecule has 0 atom stereocenters. The third kappa shape index (κ3) is 2.54. The van der Waals surface area contributed by atoms with Gasteiger partial charge < -0.3 is 15.1 Å². The van der Waals surface area contributed by atoms with E-state index in [1.54, 1.807) is 12.3 Å². The Morgan fingerprint density at radius 2 is 2.00 bits per heavy atom. The Labute approximate surface area is 120 Å². The maximum atomic E-state index is 11.9. The van der Waals surface area contributed by atoms with Crippen LogP contribution in [0.5, 0.6) is 5.88 Å². The molecule has 3 heterocycles. The molecule has 21 heavy (non-hydrogen) atoms. The van der Waals surface area contributed by atoms with Crippen molar-refractivity contribution in [1.82, 2.24) is 14.3 Å². The third-order valence-electron chi connectivity index (χ3n) is 3.91. The highest BCUT2D eigenvalue weighted by Crippen LogP contribution is 2.27. The SMILES string of the molecule is O=C(O)N1CCC(c2ccc3nc(O)cc(=O)n3c2)CC1. The number of hydrogen-bond donors (Lipinski definition) is 2. The fourth-order valence-corrected chi connectivity index (χ4v) is 2.75. The lowest BCUT2D eigenvalue weighted by molar-refractivity contribution is 0.132. The lowest BCUT2D eigenvalue weighted by Crippen LogP contribution is -2.36. The number of amides is 1. The van der Waals surface area contributed by atoms with Gasteiger partial charge in [-0.15, -0.1) is 0 Å². The Morgan fingerprint density at radius 1 is 1.29 bits per heavy atom. The van der Waals surface area contributed by atoms with Gasteiger partial charge in [0.15, 0.2) is 0 Å². The number of fused-ring (bicyclic) bond motifs is 1. The summed E-state index contributed by atoms with van der Waals surface area (Å²) in [6.07, 6.45) is 2.31. The molecule has 110 valence electrons.